The van der Waals surface area contributed by atoms with Gasteiger partial charge in [-0.2, -0.15) is 0 Å². The zero-order chi connectivity index (χ0) is 19.5. The van der Waals surface area contributed by atoms with Crippen molar-refractivity contribution in [2.75, 3.05) is 26.8 Å². The van der Waals surface area contributed by atoms with Crippen molar-refractivity contribution < 1.29 is 9.84 Å². The topological polar surface area (TPSA) is 45.6 Å². The molecule has 1 aliphatic rings. The summed E-state index contributed by atoms with van der Waals surface area (Å²) in [5.41, 5.74) is 3.96. The molecule has 0 bridgehead atoms. The summed E-state index contributed by atoms with van der Waals surface area (Å²) >= 11 is 6.21. The Morgan fingerprint density at radius 1 is 1.21 bits per heavy atom. The number of likely N-dealkylation sites (tertiary alicyclic amines) is 1. The molecule has 2 heterocycles. The van der Waals surface area contributed by atoms with E-state index in [1.165, 1.54) is 0 Å². The second kappa shape index (κ2) is 8.48. The van der Waals surface area contributed by atoms with Crippen LogP contribution in [0, 0.1) is 5.92 Å². The molecule has 0 spiro atoms. The van der Waals surface area contributed by atoms with Crippen LogP contribution in [-0.4, -0.2) is 41.8 Å². The molecule has 1 unspecified atom stereocenters. The number of aliphatic hydroxyl groups excluding tert-OH is 1. The Hall–Kier alpha value is -2.14. The minimum atomic E-state index is 0.254. The summed E-state index contributed by atoms with van der Waals surface area (Å²) in [7, 11) is 1.69. The predicted octanol–water partition coefficient (Wildman–Crippen LogP) is 4.77. The van der Waals surface area contributed by atoms with E-state index in [0.29, 0.717) is 10.9 Å². The fourth-order valence-electron chi connectivity index (χ4n) is 4.06. The summed E-state index contributed by atoms with van der Waals surface area (Å²) in [6.07, 6.45) is 2.21. The maximum absolute atomic E-state index is 9.58. The van der Waals surface area contributed by atoms with Crippen molar-refractivity contribution >= 4 is 22.5 Å². The number of ether oxygens (including phenoxy) is 1. The van der Waals surface area contributed by atoms with Gasteiger partial charge in [-0.1, -0.05) is 29.8 Å². The van der Waals surface area contributed by atoms with Crippen LogP contribution in [0.3, 0.4) is 0 Å². The molecule has 5 heteroatoms. The van der Waals surface area contributed by atoms with Crippen molar-refractivity contribution in [3.05, 3.63) is 59.1 Å². The summed E-state index contributed by atoms with van der Waals surface area (Å²) in [5, 5.41) is 11.3. The van der Waals surface area contributed by atoms with E-state index in [4.69, 9.17) is 21.3 Å². The molecule has 4 rings (SSSR count). The molecule has 28 heavy (non-hydrogen) atoms. The molecule has 2 aromatic carbocycles. The number of aromatic nitrogens is 1. The van der Waals surface area contributed by atoms with E-state index in [2.05, 4.69) is 11.0 Å². The Bertz CT molecular complexity index is 976. The smallest absolute Gasteiger partial charge is 0.128 e. The highest BCUT2D eigenvalue weighted by atomic mass is 35.5. The fraction of sp³-hybridized carbons (Fsp3) is 0.348. The zero-order valence-electron chi connectivity index (χ0n) is 16.1. The van der Waals surface area contributed by atoms with Gasteiger partial charge in [0, 0.05) is 35.7 Å². The number of methoxy groups -OCH3 is 1. The van der Waals surface area contributed by atoms with Crippen LogP contribution in [0.25, 0.3) is 22.2 Å². The van der Waals surface area contributed by atoms with Gasteiger partial charge in [-0.25, -0.2) is 4.98 Å². The van der Waals surface area contributed by atoms with Crippen LogP contribution in [0.2, 0.25) is 5.02 Å². The van der Waals surface area contributed by atoms with Crippen LogP contribution < -0.4 is 4.74 Å². The highest BCUT2D eigenvalue weighted by Gasteiger charge is 2.22. The van der Waals surface area contributed by atoms with Gasteiger partial charge in [-0.05, 0) is 61.2 Å². The molecule has 1 aliphatic heterocycles. The normalized spacial score (nSPS) is 17.8. The second-order valence-corrected chi connectivity index (χ2v) is 7.90. The maximum atomic E-state index is 9.58. The molecule has 3 aromatic rings. The molecule has 146 valence electrons. The summed E-state index contributed by atoms with van der Waals surface area (Å²) in [4.78, 5) is 7.40. The number of halogens is 1. The Morgan fingerprint density at radius 2 is 2.07 bits per heavy atom. The lowest BCUT2D eigenvalue weighted by molar-refractivity contribution is 0.116. The average Bonchev–Trinajstić information content (AvgIpc) is 2.73. The first-order chi connectivity index (χ1) is 13.7. The summed E-state index contributed by atoms with van der Waals surface area (Å²) in [6, 6.07) is 16.0. The molecule has 1 fully saturated rings. The number of pyridine rings is 1. The number of hydrogen-bond acceptors (Lipinski definition) is 4. The minimum absolute atomic E-state index is 0.254. The molecular formula is C23H25ClN2O2. The van der Waals surface area contributed by atoms with Gasteiger partial charge in [0.15, 0.2) is 0 Å². The molecule has 1 saturated heterocycles. The van der Waals surface area contributed by atoms with Crippen LogP contribution in [0.1, 0.15) is 18.4 Å². The highest BCUT2D eigenvalue weighted by molar-refractivity contribution is 6.31. The van der Waals surface area contributed by atoms with Crippen LogP contribution in [0.5, 0.6) is 5.75 Å². The first-order valence-corrected chi connectivity index (χ1v) is 10.1. The number of aliphatic hydroxyl groups is 1. The molecule has 0 radical (unpaired) electrons. The van der Waals surface area contributed by atoms with Gasteiger partial charge in [0.05, 0.1) is 18.3 Å². The number of rotatable bonds is 5. The van der Waals surface area contributed by atoms with Crippen LogP contribution in [-0.2, 0) is 6.54 Å². The van der Waals surface area contributed by atoms with E-state index in [9.17, 15) is 5.11 Å². The van der Waals surface area contributed by atoms with Crippen molar-refractivity contribution in [1.29, 1.82) is 0 Å². The van der Waals surface area contributed by atoms with E-state index in [1.54, 1.807) is 7.11 Å². The standard InChI is InChI=1S/C23H25ClN2O2/c1-28-22-7-3-2-6-20(22)23-18(14-26-10-4-5-16(13-26)15-27)11-17-8-9-19(24)12-21(17)25-23/h2-3,6-9,11-12,16,27H,4-5,10,13-15H2,1H3. The fourth-order valence-corrected chi connectivity index (χ4v) is 4.23. The Labute approximate surface area is 170 Å². The Kier molecular flexibility index (Phi) is 5.81. The Balaban J connectivity index is 1.80. The van der Waals surface area contributed by atoms with Gasteiger partial charge >= 0.3 is 0 Å². The van der Waals surface area contributed by atoms with Crippen molar-refractivity contribution in [1.82, 2.24) is 9.88 Å². The number of benzene rings is 2. The van der Waals surface area contributed by atoms with Crippen molar-refractivity contribution in [3.63, 3.8) is 0 Å². The maximum Gasteiger partial charge on any atom is 0.128 e. The van der Waals surface area contributed by atoms with Gasteiger partial charge < -0.3 is 9.84 Å². The first-order valence-electron chi connectivity index (χ1n) is 9.73. The Morgan fingerprint density at radius 3 is 2.89 bits per heavy atom. The average molecular weight is 397 g/mol. The van der Waals surface area contributed by atoms with E-state index in [0.717, 1.165) is 65.9 Å². The summed E-state index contributed by atoms with van der Waals surface area (Å²) < 4.78 is 5.60. The third-order valence-corrected chi connectivity index (χ3v) is 5.71. The molecule has 4 nitrogen and oxygen atoms in total. The lowest BCUT2D eigenvalue weighted by atomic mass is 9.97. The predicted molar refractivity (Wildman–Crippen MR) is 114 cm³/mol. The number of para-hydroxylation sites is 1. The lowest BCUT2D eigenvalue weighted by Crippen LogP contribution is -2.36. The molecule has 0 saturated carbocycles. The number of piperidine rings is 1. The SMILES string of the molecule is COc1ccccc1-c1nc2cc(Cl)ccc2cc1CN1CCCC(CO)C1. The van der Waals surface area contributed by atoms with Crippen LogP contribution in [0.4, 0.5) is 0 Å². The zero-order valence-corrected chi connectivity index (χ0v) is 16.8. The lowest BCUT2D eigenvalue weighted by Gasteiger charge is -2.32. The molecule has 1 N–H and O–H groups in total. The van der Waals surface area contributed by atoms with Gasteiger partial charge in [0.2, 0.25) is 0 Å². The van der Waals surface area contributed by atoms with Crippen molar-refractivity contribution in [3.8, 4) is 17.0 Å². The summed E-state index contributed by atoms with van der Waals surface area (Å²) in [6.45, 7) is 3.01. The molecule has 0 aliphatic carbocycles. The summed E-state index contributed by atoms with van der Waals surface area (Å²) in [5.74, 6) is 1.17. The third kappa shape index (κ3) is 4.00. The largest absolute Gasteiger partial charge is 0.496 e. The highest BCUT2D eigenvalue weighted by Crippen LogP contribution is 2.34. The number of fused-ring (bicyclic) bond motifs is 1. The van der Waals surface area contributed by atoms with Crippen LogP contribution in [0.15, 0.2) is 48.5 Å². The van der Waals surface area contributed by atoms with Gasteiger partial charge in [-0.15, -0.1) is 0 Å². The quantitative estimate of drug-likeness (QED) is 0.674. The number of hydrogen-bond donors (Lipinski definition) is 1. The van der Waals surface area contributed by atoms with Gasteiger partial charge in [0.25, 0.3) is 0 Å². The van der Waals surface area contributed by atoms with E-state index >= 15 is 0 Å². The van der Waals surface area contributed by atoms with Crippen LogP contribution >= 0.6 is 11.6 Å². The van der Waals surface area contributed by atoms with Gasteiger partial charge in [-0.3, -0.25) is 4.90 Å². The van der Waals surface area contributed by atoms with E-state index in [1.807, 2.05) is 42.5 Å². The molecule has 1 atom stereocenters. The van der Waals surface area contributed by atoms with E-state index < -0.39 is 0 Å². The van der Waals surface area contributed by atoms with Gasteiger partial charge in [0.1, 0.15) is 5.75 Å². The molecule has 1 aromatic heterocycles. The second-order valence-electron chi connectivity index (χ2n) is 7.46. The first kappa shape index (κ1) is 19.2. The molecular weight excluding hydrogens is 372 g/mol. The molecule has 0 amide bonds. The minimum Gasteiger partial charge on any atom is -0.496 e. The van der Waals surface area contributed by atoms with E-state index in [-0.39, 0.29) is 6.61 Å². The van der Waals surface area contributed by atoms with Crippen molar-refractivity contribution in [2.45, 2.75) is 19.4 Å². The van der Waals surface area contributed by atoms with Crippen molar-refractivity contribution in [2.24, 2.45) is 5.92 Å². The third-order valence-electron chi connectivity index (χ3n) is 5.48. The monoisotopic (exact) mass is 396 g/mol. The number of nitrogens with zero attached hydrogens (tertiary/aromatic N) is 2.